The van der Waals surface area contributed by atoms with Gasteiger partial charge in [-0.1, -0.05) is 0 Å². The molecular weight excluding hydrogens is 434 g/mol. The molecule has 0 fully saturated rings. The summed E-state index contributed by atoms with van der Waals surface area (Å²) in [5.41, 5.74) is -4.27. The van der Waals surface area contributed by atoms with Crippen molar-refractivity contribution in [2.45, 2.75) is 11.1 Å². The number of aryl methyl sites for hydroxylation is 1. The van der Waals surface area contributed by atoms with E-state index in [0.29, 0.717) is 10.7 Å². The van der Waals surface area contributed by atoms with Gasteiger partial charge in [0.05, 0.1) is 11.9 Å². The van der Waals surface area contributed by atoms with Gasteiger partial charge in [-0.05, 0) is 16.5 Å². The minimum atomic E-state index is -3.10. The molecule has 0 bridgehead atoms. The van der Waals surface area contributed by atoms with Gasteiger partial charge in [0.15, 0.2) is 25.1 Å². The van der Waals surface area contributed by atoms with Gasteiger partial charge in [-0.2, -0.15) is 19.6 Å². The Balaban J connectivity index is 2.13. The number of hydrogen-bond donors (Lipinski definition) is 4. The number of aliphatic hydroxyl groups is 2. The van der Waals surface area contributed by atoms with Crippen LogP contribution >= 0.6 is 0 Å². The molecule has 0 aliphatic heterocycles. The molecule has 33 heavy (non-hydrogen) atoms. The zero-order valence-corrected chi connectivity index (χ0v) is 17.2. The molecule has 3 aromatic rings. The third kappa shape index (κ3) is 4.66. The van der Waals surface area contributed by atoms with Gasteiger partial charge in [-0.3, -0.25) is 0 Å². The van der Waals surface area contributed by atoms with Gasteiger partial charge in [0, 0.05) is 25.6 Å². The van der Waals surface area contributed by atoms with Crippen molar-refractivity contribution in [2.24, 2.45) is 7.05 Å². The van der Waals surface area contributed by atoms with Crippen LogP contribution < -0.4 is 21.1 Å². The Morgan fingerprint density at radius 2 is 1.97 bits per heavy atom. The molecule has 6 radical (unpaired) electrons. The second-order valence-corrected chi connectivity index (χ2v) is 6.66. The van der Waals surface area contributed by atoms with E-state index in [9.17, 15) is 19.4 Å². The molecular formula is C16H13B3FN9O4. The van der Waals surface area contributed by atoms with Crippen molar-refractivity contribution in [1.29, 1.82) is 5.26 Å². The molecule has 162 valence electrons. The van der Waals surface area contributed by atoms with E-state index in [1.165, 1.54) is 20.3 Å². The number of aromatic nitrogens is 6. The standard InChI is InChI=1S/C16H13B3FN9O4/c1-22-12-7(5-21)6-23-13(25-12)24-9-4-10(29-14(30)28(2)26-27-29)11(3-8(9)20)33-16(19,32)15(17,18)31/h3-4,6,31-32H,1-2H3,(H2,22,23,24,25). The van der Waals surface area contributed by atoms with Crippen molar-refractivity contribution in [2.75, 3.05) is 17.7 Å². The number of hydrogen-bond acceptors (Lipinski definition) is 11. The number of nitrogens with one attached hydrogen (secondary N) is 2. The van der Waals surface area contributed by atoms with Crippen LogP contribution in [0.3, 0.4) is 0 Å². The fourth-order valence-electron chi connectivity index (χ4n) is 2.44. The Morgan fingerprint density at radius 3 is 2.52 bits per heavy atom. The molecule has 1 unspecified atom stereocenters. The molecule has 13 nitrogen and oxygen atoms in total. The number of nitrogens with zero attached hydrogens (tertiary/aromatic N) is 7. The van der Waals surface area contributed by atoms with Crippen LogP contribution in [0.25, 0.3) is 5.69 Å². The maximum atomic E-state index is 14.9. The molecule has 2 heterocycles. The van der Waals surface area contributed by atoms with Crippen molar-refractivity contribution in [1.82, 2.24) is 29.8 Å². The van der Waals surface area contributed by atoms with E-state index in [2.05, 4.69) is 31.0 Å². The number of ether oxygens (including phenoxy) is 1. The van der Waals surface area contributed by atoms with Crippen molar-refractivity contribution in [3.63, 3.8) is 0 Å². The number of benzene rings is 1. The summed E-state index contributed by atoms with van der Waals surface area (Å²) < 4.78 is 21.5. The lowest BCUT2D eigenvalue weighted by atomic mass is 9.54. The minimum absolute atomic E-state index is 0.100. The minimum Gasteiger partial charge on any atom is -0.469 e. The lowest BCUT2D eigenvalue weighted by Crippen LogP contribution is -2.60. The smallest absolute Gasteiger partial charge is 0.368 e. The van der Waals surface area contributed by atoms with Crippen LogP contribution in [0.15, 0.2) is 23.1 Å². The summed E-state index contributed by atoms with van der Waals surface area (Å²) in [5.74, 6) is -1.48. The highest BCUT2D eigenvalue weighted by molar-refractivity contribution is 6.43. The van der Waals surface area contributed by atoms with Gasteiger partial charge in [-0.25, -0.2) is 14.2 Å². The maximum absolute atomic E-state index is 14.9. The molecule has 0 aliphatic rings. The Bertz CT molecular complexity index is 1300. The maximum Gasteiger partial charge on any atom is 0.368 e. The highest BCUT2D eigenvalue weighted by Crippen LogP contribution is 2.32. The van der Waals surface area contributed by atoms with Crippen LogP contribution in [-0.4, -0.2) is 81.6 Å². The number of anilines is 3. The molecule has 0 saturated heterocycles. The third-order valence-electron chi connectivity index (χ3n) is 4.23. The van der Waals surface area contributed by atoms with E-state index >= 15 is 0 Å². The van der Waals surface area contributed by atoms with Gasteiger partial charge in [0.2, 0.25) is 5.95 Å². The van der Waals surface area contributed by atoms with E-state index in [4.69, 9.17) is 33.5 Å². The second-order valence-electron chi connectivity index (χ2n) is 6.66. The van der Waals surface area contributed by atoms with Crippen molar-refractivity contribution in [3.05, 3.63) is 40.2 Å². The first-order chi connectivity index (χ1) is 15.4. The van der Waals surface area contributed by atoms with E-state index < -0.39 is 28.3 Å². The largest absolute Gasteiger partial charge is 0.469 e. The molecule has 17 heteroatoms. The van der Waals surface area contributed by atoms with Crippen molar-refractivity contribution in [3.8, 4) is 17.5 Å². The molecule has 1 aromatic carbocycles. The summed E-state index contributed by atoms with van der Waals surface area (Å²) in [6.45, 7) is 0. The average molecular weight is 447 g/mol. The molecule has 2 aromatic heterocycles. The number of nitriles is 1. The Labute approximate surface area is 189 Å². The number of rotatable bonds is 7. The number of halogens is 1. The molecule has 0 amide bonds. The van der Waals surface area contributed by atoms with Crippen LogP contribution in [-0.2, 0) is 7.05 Å². The second kappa shape index (κ2) is 8.56. The van der Waals surface area contributed by atoms with Gasteiger partial charge >= 0.3 is 5.69 Å². The SMILES string of the molecule is [B]C([B])(O)C([B])(O)Oc1cc(F)c(Nc2ncc(C#N)c(NC)n2)cc1-n1nnn(C)c1=O. The van der Waals surface area contributed by atoms with Gasteiger partial charge < -0.3 is 25.6 Å². The van der Waals surface area contributed by atoms with Crippen LogP contribution in [0.4, 0.5) is 21.8 Å². The van der Waals surface area contributed by atoms with Crippen LogP contribution in [0.2, 0.25) is 0 Å². The summed E-state index contributed by atoms with van der Waals surface area (Å²) in [4.78, 5) is 20.3. The molecule has 4 N–H and O–H groups in total. The fourth-order valence-corrected chi connectivity index (χ4v) is 2.44. The molecule has 0 saturated carbocycles. The normalized spacial score (nSPS) is 13.1. The monoisotopic (exact) mass is 447 g/mol. The van der Waals surface area contributed by atoms with Crippen molar-refractivity contribution < 1.29 is 19.3 Å². The van der Waals surface area contributed by atoms with Crippen LogP contribution in [0.1, 0.15) is 5.56 Å². The molecule has 1 atom stereocenters. The highest BCUT2D eigenvalue weighted by atomic mass is 19.1. The third-order valence-corrected chi connectivity index (χ3v) is 4.23. The zero-order chi connectivity index (χ0) is 24.6. The quantitative estimate of drug-likeness (QED) is 0.227. The zero-order valence-electron chi connectivity index (χ0n) is 17.2. The first-order valence-corrected chi connectivity index (χ1v) is 8.93. The average Bonchev–Trinajstić information content (AvgIpc) is 3.07. The number of tetrazole rings is 1. The topological polar surface area (TPSA) is 176 Å². The van der Waals surface area contributed by atoms with Gasteiger partial charge in [0.25, 0.3) is 0 Å². The predicted octanol–water partition coefficient (Wildman–Crippen LogP) is -2.27. The van der Waals surface area contributed by atoms with E-state index in [0.717, 1.165) is 10.7 Å². The first-order valence-electron chi connectivity index (χ1n) is 8.93. The summed E-state index contributed by atoms with van der Waals surface area (Å²) in [6, 6.07) is 3.65. The molecule has 0 aliphatic carbocycles. The van der Waals surface area contributed by atoms with E-state index in [-0.39, 0.29) is 28.7 Å². The summed E-state index contributed by atoms with van der Waals surface area (Å²) in [6.07, 6.45) is 1.21. The fraction of sp³-hybridized carbons (Fsp3) is 0.250. The summed E-state index contributed by atoms with van der Waals surface area (Å²) >= 11 is 0. The Hall–Kier alpha value is -3.90. The van der Waals surface area contributed by atoms with Gasteiger partial charge in [0.1, 0.15) is 38.8 Å². The molecule has 0 spiro atoms. The Kier molecular flexibility index (Phi) is 6.17. The van der Waals surface area contributed by atoms with Crippen LogP contribution in [0.5, 0.6) is 5.75 Å². The highest BCUT2D eigenvalue weighted by Gasteiger charge is 2.39. The summed E-state index contributed by atoms with van der Waals surface area (Å²) in [5, 5.41) is 38.3. The predicted molar refractivity (Wildman–Crippen MR) is 114 cm³/mol. The van der Waals surface area contributed by atoms with E-state index in [1.54, 1.807) is 0 Å². The lowest BCUT2D eigenvalue weighted by Gasteiger charge is -2.38. The van der Waals surface area contributed by atoms with Gasteiger partial charge in [-0.15, -0.1) is 0 Å². The van der Waals surface area contributed by atoms with E-state index in [1.807, 2.05) is 6.07 Å². The van der Waals surface area contributed by atoms with Crippen molar-refractivity contribution >= 4 is 41.0 Å². The summed E-state index contributed by atoms with van der Waals surface area (Å²) in [7, 11) is 18.6. The van der Waals surface area contributed by atoms with Crippen LogP contribution in [0, 0.1) is 17.1 Å². The lowest BCUT2D eigenvalue weighted by molar-refractivity contribution is -0.130. The first kappa shape index (κ1) is 23.8. The Morgan fingerprint density at radius 1 is 1.27 bits per heavy atom. The molecule has 3 rings (SSSR count).